The Morgan fingerprint density at radius 1 is 1.00 bits per heavy atom. The van der Waals surface area contributed by atoms with Gasteiger partial charge in [0.2, 0.25) is 0 Å². The van der Waals surface area contributed by atoms with E-state index in [-0.39, 0.29) is 23.4 Å². The predicted octanol–water partition coefficient (Wildman–Crippen LogP) is 5.85. The zero-order valence-electron chi connectivity index (χ0n) is 18.0. The maximum absolute atomic E-state index is 6.29. The minimum absolute atomic E-state index is 0.235. The first-order chi connectivity index (χ1) is 11.7. The second-order valence-corrected chi connectivity index (χ2v) is 14.6. The molecule has 1 aliphatic heterocycles. The Balaban J connectivity index is 1.94. The fourth-order valence-electron chi connectivity index (χ4n) is 2.36. The van der Waals surface area contributed by atoms with Gasteiger partial charge in [0.15, 0.2) is 8.32 Å². The van der Waals surface area contributed by atoms with Crippen molar-refractivity contribution in [3.05, 3.63) is 41.4 Å². The van der Waals surface area contributed by atoms with Crippen molar-refractivity contribution in [3.63, 3.8) is 0 Å². The van der Waals surface area contributed by atoms with E-state index in [0.717, 1.165) is 5.56 Å². The molecule has 1 aromatic carbocycles. The Morgan fingerprint density at radius 3 is 1.96 bits per heavy atom. The molecule has 1 fully saturated rings. The first-order valence-corrected chi connectivity index (χ1v) is 12.4. The van der Waals surface area contributed by atoms with Crippen LogP contribution in [0, 0.1) is 0 Å². The first kappa shape index (κ1) is 21.4. The molecule has 26 heavy (non-hydrogen) atoms. The SMILES string of the molecule is CC1(C)OB(/C=C/c2ccc(CO[Si](C)(C)C(C)(C)C)cc2)OC1(C)C. The highest BCUT2D eigenvalue weighted by Crippen LogP contribution is 2.38. The smallest absolute Gasteiger partial charge is 0.413 e. The average Bonchev–Trinajstić information content (AvgIpc) is 2.70. The lowest BCUT2D eigenvalue weighted by atomic mass is 9.89. The molecule has 0 N–H and O–H groups in total. The topological polar surface area (TPSA) is 27.7 Å². The summed E-state index contributed by atoms with van der Waals surface area (Å²) < 4.78 is 18.3. The van der Waals surface area contributed by atoms with Crippen LogP contribution in [0.2, 0.25) is 18.1 Å². The van der Waals surface area contributed by atoms with Crippen LogP contribution in [0.1, 0.15) is 59.6 Å². The van der Waals surface area contributed by atoms with Crippen molar-refractivity contribution >= 4 is 21.5 Å². The molecule has 0 bridgehead atoms. The third-order valence-electron chi connectivity index (χ3n) is 6.10. The standard InChI is InChI=1S/C21H35BO3Si/c1-19(2,3)26(8,9)23-16-18-12-10-17(11-13-18)14-15-22-24-20(4,5)21(6,7)25-22/h10-15H,16H2,1-9H3/b15-14+. The fourth-order valence-corrected chi connectivity index (χ4v) is 3.32. The first-order valence-electron chi connectivity index (χ1n) is 9.50. The van der Waals surface area contributed by atoms with Crippen LogP contribution >= 0.6 is 0 Å². The molecule has 1 aliphatic rings. The lowest BCUT2D eigenvalue weighted by Crippen LogP contribution is -2.41. The van der Waals surface area contributed by atoms with Gasteiger partial charge in [-0.25, -0.2) is 0 Å². The van der Waals surface area contributed by atoms with Crippen LogP contribution in [-0.2, 0) is 20.3 Å². The third kappa shape index (κ3) is 4.89. The molecule has 0 amide bonds. The van der Waals surface area contributed by atoms with E-state index < -0.39 is 8.32 Å². The molecule has 0 atom stereocenters. The van der Waals surface area contributed by atoms with E-state index in [2.05, 4.69) is 91.9 Å². The minimum atomic E-state index is -1.71. The van der Waals surface area contributed by atoms with Crippen molar-refractivity contribution < 1.29 is 13.7 Å². The van der Waals surface area contributed by atoms with Gasteiger partial charge in [-0.2, -0.15) is 0 Å². The van der Waals surface area contributed by atoms with Crippen molar-refractivity contribution in [1.29, 1.82) is 0 Å². The highest BCUT2D eigenvalue weighted by Gasteiger charge is 2.50. The Morgan fingerprint density at radius 2 is 1.50 bits per heavy atom. The Labute approximate surface area is 161 Å². The summed E-state index contributed by atoms with van der Waals surface area (Å²) in [7, 11) is -2.01. The molecule has 1 saturated heterocycles. The Kier molecular flexibility index (Phi) is 5.99. The van der Waals surface area contributed by atoms with Crippen molar-refractivity contribution in [3.8, 4) is 0 Å². The van der Waals surface area contributed by atoms with Gasteiger partial charge < -0.3 is 13.7 Å². The quantitative estimate of drug-likeness (QED) is 0.605. The zero-order valence-corrected chi connectivity index (χ0v) is 19.0. The molecule has 0 aliphatic carbocycles. The van der Waals surface area contributed by atoms with Gasteiger partial charge in [0.25, 0.3) is 0 Å². The van der Waals surface area contributed by atoms with Gasteiger partial charge in [-0.1, -0.05) is 57.1 Å². The molecule has 5 heteroatoms. The van der Waals surface area contributed by atoms with E-state index in [1.54, 1.807) is 0 Å². The molecule has 0 unspecified atom stereocenters. The normalized spacial score (nSPS) is 20.1. The molecule has 0 saturated carbocycles. The van der Waals surface area contributed by atoms with Crippen molar-refractivity contribution in [2.45, 2.75) is 84.4 Å². The molecule has 0 spiro atoms. The summed E-state index contributed by atoms with van der Waals surface area (Å²) in [5, 5.41) is 0.235. The molecule has 0 radical (unpaired) electrons. The maximum atomic E-state index is 6.29. The number of hydrogen-bond acceptors (Lipinski definition) is 3. The highest BCUT2D eigenvalue weighted by atomic mass is 28.4. The van der Waals surface area contributed by atoms with Crippen molar-refractivity contribution in [2.24, 2.45) is 0 Å². The maximum Gasteiger partial charge on any atom is 0.487 e. The molecular formula is C21H35BO3Si. The van der Waals surface area contributed by atoms with Gasteiger partial charge in [0, 0.05) is 0 Å². The molecule has 2 rings (SSSR count). The van der Waals surface area contributed by atoms with Gasteiger partial charge in [0.05, 0.1) is 17.8 Å². The predicted molar refractivity (Wildman–Crippen MR) is 114 cm³/mol. The monoisotopic (exact) mass is 374 g/mol. The summed E-state index contributed by atoms with van der Waals surface area (Å²) >= 11 is 0. The summed E-state index contributed by atoms with van der Waals surface area (Å²) in [5.74, 6) is 1.98. The number of rotatable bonds is 5. The van der Waals surface area contributed by atoms with E-state index in [4.69, 9.17) is 13.7 Å². The molecular weight excluding hydrogens is 339 g/mol. The largest absolute Gasteiger partial charge is 0.487 e. The highest BCUT2D eigenvalue weighted by molar-refractivity contribution is 6.74. The molecule has 1 aromatic rings. The molecule has 144 valence electrons. The summed E-state index contributed by atoms with van der Waals surface area (Å²) in [6.07, 6.45) is 2.06. The lowest BCUT2D eigenvalue weighted by molar-refractivity contribution is 0.00578. The molecule has 3 nitrogen and oxygen atoms in total. The van der Waals surface area contributed by atoms with Crippen LogP contribution in [0.5, 0.6) is 0 Å². The summed E-state index contributed by atoms with van der Waals surface area (Å²) in [4.78, 5) is 0. The van der Waals surface area contributed by atoms with E-state index in [1.807, 2.05) is 5.98 Å². The summed E-state index contributed by atoms with van der Waals surface area (Å²) in [5.41, 5.74) is 1.75. The van der Waals surface area contributed by atoms with E-state index in [1.165, 1.54) is 5.56 Å². The van der Waals surface area contributed by atoms with Crippen LogP contribution < -0.4 is 0 Å². The van der Waals surface area contributed by atoms with E-state index >= 15 is 0 Å². The van der Waals surface area contributed by atoms with Gasteiger partial charge in [-0.15, -0.1) is 0 Å². The summed E-state index contributed by atoms with van der Waals surface area (Å²) in [6, 6.07) is 8.51. The number of benzene rings is 1. The lowest BCUT2D eigenvalue weighted by Gasteiger charge is -2.36. The van der Waals surface area contributed by atoms with Crippen LogP contribution in [0.25, 0.3) is 6.08 Å². The van der Waals surface area contributed by atoms with Crippen LogP contribution in [0.4, 0.5) is 0 Å². The van der Waals surface area contributed by atoms with Crippen molar-refractivity contribution in [2.75, 3.05) is 0 Å². The van der Waals surface area contributed by atoms with E-state index in [0.29, 0.717) is 6.61 Å². The molecule has 0 aromatic heterocycles. The Bertz CT molecular complexity index is 626. The Hall–Kier alpha value is -0.878. The summed E-state index contributed by atoms with van der Waals surface area (Å²) in [6.45, 7) is 20.3. The number of hydrogen-bond donors (Lipinski definition) is 0. The fraction of sp³-hybridized carbons (Fsp3) is 0.619. The third-order valence-corrected chi connectivity index (χ3v) is 10.6. The second-order valence-electron chi connectivity index (χ2n) is 9.77. The van der Waals surface area contributed by atoms with Gasteiger partial charge in [-0.3, -0.25) is 0 Å². The zero-order chi connectivity index (χ0) is 19.8. The second kappa shape index (κ2) is 7.27. The van der Waals surface area contributed by atoms with Gasteiger partial charge in [-0.05, 0) is 57.0 Å². The minimum Gasteiger partial charge on any atom is -0.413 e. The average molecular weight is 374 g/mol. The molecule has 1 heterocycles. The van der Waals surface area contributed by atoms with Crippen LogP contribution in [0.15, 0.2) is 30.2 Å². The van der Waals surface area contributed by atoms with Crippen LogP contribution in [0.3, 0.4) is 0 Å². The van der Waals surface area contributed by atoms with Crippen LogP contribution in [-0.4, -0.2) is 26.6 Å². The van der Waals surface area contributed by atoms with E-state index in [9.17, 15) is 0 Å². The van der Waals surface area contributed by atoms with Gasteiger partial charge in [0.1, 0.15) is 0 Å². The van der Waals surface area contributed by atoms with Crippen molar-refractivity contribution in [1.82, 2.24) is 0 Å². The van der Waals surface area contributed by atoms with Gasteiger partial charge >= 0.3 is 7.12 Å².